The number of aliphatic hydroxyl groups excluding tert-OH is 1. The second-order valence-electron chi connectivity index (χ2n) is 3.66. The molecule has 0 saturated carbocycles. The predicted octanol–water partition coefficient (Wildman–Crippen LogP) is -0.138. The van der Waals surface area contributed by atoms with Gasteiger partial charge in [0.2, 0.25) is 0 Å². The number of esters is 1. The van der Waals surface area contributed by atoms with Gasteiger partial charge in [-0.1, -0.05) is 0 Å². The maximum absolute atomic E-state index is 10.8. The van der Waals surface area contributed by atoms with Gasteiger partial charge in [-0.15, -0.1) is 0 Å². The van der Waals surface area contributed by atoms with Gasteiger partial charge in [-0.05, 0) is 19.4 Å². The lowest BCUT2D eigenvalue weighted by molar-refractivity contribution is -0.141. The van der Waals surface area contributed by atoms with Crippen LogP contribution in [-0.2, 0) is 9.53 Å². The van der Waals surface area contributed by atoms with E-state index in [0.29, 0.717) is 13.0 Å². The summed E-state index contributed by atoms with van der Waals surface area (Å²) in [7, 11) is 3.36. The van der Waals surface area contributed by atoms with Crippen molar-refractivity contribution >= 4 is 5.97 Å². The van der Waals surface area contributed by atoms with Gasteiger partial charge in [-0.2, -0.15) is 0 Å². The first kappa shape index (κ1) is 10.5. The molecule has 76 valence electrons. The highest BCUT2D eigenvalue weighted by atomic mass is 16.5. The fraction of sp³-hybridized carbons (Fsp3) is 0.889. The summed E-state index contributed by atoms with van der Waals surface area (Å²) in [5.41, 5.74) is 0. The number of methoxy groups -OCH3 is 1. The van der Waals surface area contributed by atoms with E-state index in [1.807, 2.05) is 7.05 Å². The molecule has 1 rings (SSSR count). The molecule has 0 aromatic carbocycles. The average molecular weight is 187 g/mol. The molecule has 0 aromatic heterocycles. The molecule has 2 atom stereocenters. The van der Waals surface area contributed by atoms with E-state index >= 15 is 0 Å². The number of aliphatic hydroxyl groups is 1. The van der Waals surface area contributed by atoms with Crippen molar-refractivity contribution in [2.24, 2.45) is 5.92 Å². The van der Waals surface area contributed by atoms with Crippen molar-refractivity contribution in [1.82, 2.24) is 4.90 Å². The number of hydrogen-bond acceptors (Lipinski definition) is 4. The van der Waals surface area contributed by atoms with Gasteiger partial charge < -0.3 is 14.7 Å². The number of likely N-dealkylation sites (tertiary alicyclic amines) is 1. The minimum absolute atomic E-state index is 0.193. The molecule has 2 unspecified atom stereocenters. The molecule has 1 heterocycles. The molecule has 0 aromatic rings. The van der Waals surface area contributed by atoms with E-state index in [2.05, 4.69) is 9.64 Å². The van der Waals surface area contributed by atoms with Crippen molar-refractivity contribution in [2.45, 2.75) is 18.9 Å². The number of hydrogen-bond donors (Lipinski definition) is 1. The minimum Gasteiger partial charge on any atom is -0.469 e. The zero-order valence-electron chi connectivity index (χ0n) is 8.19. The van der Waals surface area contributed by atoms with E-state index in [1.54, 1.807) is 0 Å². The van der Waals surface area contributed by atoms with Crippen LogP contribution in [0.25, 0.3) is 0 Å². The molecule has 13 heavy (non-hydrogen) atoms. The summed E-state index contributed by atoms with van der Waals surface area (Å²) in [4.78, 5) is 12.9. The van der Waals surface area contributed by atoms with Crippen LogP contribution in [0.4, 0.5) is 0 Å². The number of likely N-dealkylation sites (N-methyl/N-ethyl adjacent to an activating group) is 1. The smallest absolute Gasteiger partial charge is 0.305 e. The molecule has 1 aliphatic rings. The Morgan fingerprint density at radius 2 is 2.31 bits per heavy atom. The molecule has 0 aliphatic carbocycles. The third-order valence-corrected chi connectivity index (χ3v) is 2.54. The lowest BCUT2D eigenvalue weighted by Crippen LogP contribution is -2.19. The van der Waals surface area contributed by atoms with Crippen LogP contribution in [-0.4, -0.2) is 49.3 Å². The van der Waals surface area contributed by atoms with Gasteiger partial charge in [0.15, 0.2) is 0 Å². The van der Waals surface area contributed by atoms with Crippen molar-refractivity contribution < 1.29 is 14.6 Å². The van der Waals surface area contributed by atoms with E-state index < -0.39 is 0 Å². The summed E-state index contributed by atoms with van der Waals surface area (Å²) in [6, 6.07) is 0. The van der Waals surface area contributed by atoms with Crippen molar-refractivity contribution in [3.8, 4) is 0 Å². The highest BCUT2D eigenvalue weighted by molar-refractivity contribution is 5.69. The first-order valence-corrected chi connectivity index (χ1v) is 4.57. The monoisotopic (exact) mass is 187 g/mol. The first-order valence-electron chi connectivity index (χ1n) is 4.57. The number of β-amino-alcohol motifs (C(OH)–C–C–N with tert-alkyl or cyclic N) is 1. The number of rotatable bonds is 3. The Bertz CT molecular complexity index is 184. The van der Waals surface area contributed by atoms with Crippen LogP contribution in [0.1, 0.15) is 12.8 Å². The standard InChI is InChI=1S/C9H17NO3/c1-10-5-7(8(11)6-10)3-4-9(12)13-2/h7-8,11H,3-6H2,1-2H3. The van der Waals surface area contributed by atoms with Crippen LogP contribution in [0, 0.1) is 5.92 Å². The Kier molecular flexibility index (Phi) is 3.69. The fourth-order valence-electron chi connectivity index (χ4n) is 1.75. The summed E-state index contributed by atoms with van der Waals surface area (Å²) in [6.07, 6.45) is 0.846. The highest BCUT2D eigenvalue weighted by Gasteiger charge is 2.29. The van der Waals surface area contributed by atoms with Crippen molar-refractivity contribution in [3.63, 3.8) is 0 Å². The number of nitrogens with zero attached hydrogens (tertiary/aromatic N) is 1. The van der Waals surface area contributed by atoms with Crippen LogP contribution in [0.3, 0.4) is 0 Å². The lowest BCUT2D eigenvalue weighted by Gasteiger charge is -2.11. The summed E-state index contributed by atoms with van der Waals surface area (Å²) in [5.74, 6) is 0.0332. The van der Waals surface area contributed by atoms with E-state index in [1.165, 1.54) is 7.11 Å². The molecule has 1 aliphatic heterocycles. The van der Waals surface area contributed by atoms with Crippen LogP contribution in [0.15, 0.2) is 0 Å². The number of carbonyl (C=O) groups excluding carboxylic acids is 1. The predicted molar refractivity (Wildman–Crippen MR) is 48.2 cm³/mol. The van der Waals surface area contributed by atoms with Crippen LogP contribution >= 0.6 is 0 Å². The Balaban J connectivity index is 2.25. The van der Waals surface area contributed by atoms with Crippen LogP contribution in [0.5, 0.6) is 0 Å². The minimum atomic E-state index is -0.283. The SMILES string of the molecule is COC(=O)CCC1CN(C)CC1O. The summed E-state index contributed by atoms with van der Waals surface area (Å²) < 4.78 is 4.54. The highest BCUT2D eigenvalue weighted by Crippen LogP contribution is 2.20. The van der Waals surface area contributed by atoms with Gasteiger partial charge >= 0.3 is 5.97 Å². The molecule has 1 N–H and O–H groups in total. The van der Waals surface area contributed by atoms with Gasteiger partial charge in [0.25, 0.3) is 0 Å². The van der Waals surface area contributed by atoms with Gasteiger partial charge in [-0.3, -0.25) is 4.79 Å². The van der Waals surface area contributed by atoms with Gasteiger partial charge in [0.05, 0.1) is 13.2 Å². The molecular weight excluding hydrogens is 170 g/mol. The largest absolute Gasteiger partial charge is 0.469 e. The van der Waals surface area contributed by atoms with Gasteiger partial charge in [0.1, 0.15) is 0 Å². The Morgan fingerprint density at radius 3 is 2.77 bits per heavy atom. The van der Waals surface area contributed by atoms with Crippen LogP contribution < -0.4 is 0 Å². The van der Waals surface area contributed by atoms with E-state index in [4.69, 9.17) is 0 Å². The second-order valence-corrected chi connectivity index (χ2v) is 3.66. The molecule has 0 radical (unpaired) electrons. The molecule has 4 heteroatoms. The quantitative estimate of drug-likeness (QED) is 0.625. The third-order valence-electron chi connectivity index (χ3n) is 2.54. The number of ether oxygens (including phenoxy) is 1. The Labute approximate surface area is 78.5 Å². The molecule has 4 nitrogen and oxygen atoms in total. The maximum atomic E-state index is 10.8. The first-order chi connectivity index (χ1) is 6.13. The Morgan fingerprint density at radius 1 is 1.62 bits per heavy atom. The van der Waals surface area contributed by atoms with E-state index in [9.17, 15) is 9.90 Å². The molecule has 0 bridgehead atoms. The summed E-state index contributed by atoms with van der Waals surface area (Å²) >= 11 is 0. The van der Waals surface area contributed by atoms with Crippen molar-refractivity contribution in [1.29, 1.82) is 0 Å². The zero-order valence-corrected chi connectivity index (χ0v) is 8.19. The maximum Gasteiger partial charge on any atom is 0.305 e. The molecule has 1 fully saturated rings. The van der Waals surface area contributed by atoms with Gasteiger partial charge in [0, 0.05) is 19.5 Å². The molecule has 1 saturated heterocycles. The van der Waals surface area contributed by atoms with E-state index in [0.717, 1.165) is 13.0 Å². The van der Waals surface area contributed by atoms with Crippen molar-refractivity contribution in [2.75, 3.05) is 27.2 Å². The summed E-state index contributed by atoms with van der Waals surface area (Å²) in [5, 5.41) is 9.55. The second kappa shape index (κ2) is 4.58. The van der Waals surface area contributed by atoms with E-state index in [-0.39, 0.29) is 18.0 Å². The van der Waals surface area contributed by atoms with Gasteiger partial charge in [-0.25, -0.2) is 0 Å². The normalized spacial score (nSPS) is 29.2. The topological polar surface area (TPSA) is 49.8 Å². The molecule has 0 spiro atoms. The molecular formula is C9H17NO3. The van der Waals surface area contributed by atoms with Crippen LogP contribution in [0.2, 0.25) is 0 Å². The molecule has 0 amide bonds. The Hall–Kier alpha value is -0.610. The van der Waals surface area contributed by atoms with Crippen molar-refractivity contribution in [3.05, 3.63) is 0 Å². The lowest BCUT2D eigenvalue weighted by atomic mass is 10.0. The zero-order chi connectivity index (χ0) is 9.84. The third kappa shape index (κ3) is 2.97. The number of carbonyl (C=O) groups is 1. The fourth-order valence-corrected chi connectivity index (χ4v) is 1.75. The average Bonchev–Trinajstić information content (AvgIpc) is 2.41. The summed E-state index contributed by atoms with van der Waals surface area (Å²) in [6.45, 7) is 1.59.